The van der Waals surface area contributed by atoms with Gasteiger partial charge in [-0.15, -0.1) is 0 Å². The van der Waals surface area contributed by atoms with E-state index in [1.807, 2.05) is 48.1 Å². The summed E-state index contributed by atoms with van der Waals surface area (Å²) in [6, 6.07) is 15.9. The summed E-state index contributed by atoms with van der Waals surface area (Å²) in [6.07, 6.45) is 5.25. The van der Waals surface area contributed by atoms with E-state index in [1.54, 1.807) is 24.3 Å². The fourth-order valence-corrected chi connectivity index (χ4v) is 2.49. The minimum Gasteiger partial charge on any atom is -0.504 e. The van der Waals surface area contributed by atoms with Gasteiger partial charge in [0.15, 0.2) is 11.5 Å². The zero-order valence-electron chi connectivity index (χ0n) is 14.3. The van der Waals surface area contributed by atoms with E-state index >= 15 is 0 Å². The van der Waals surface area contributed by atoms with Gasteiger partial charge in [0, 0.05) is 12.4 Å². The number of aromatic nitrogens is 1. The van der Waals surface area contributed by atoms with Crippen molar-refractivity contribution in [3.63, 3.8) is 0 Å². The number of amides is 1. The summed E-state index contributed by atoms with van der Waals surface area (Å²) in [6.45, 7) is 2.28. The number of rotatable bonds is 6. The van der Waals surface area contributed by atoms with Gasteiger partial charge in [0.05, 0.1) is 24.1 Å². The number of carbonyl (C=O) groups is 1. The number of benzene rings is 2. The third kappa shape index (κ3) is 3.92. The lowest BCUT2D eigenvalue weighted by Crippen LogP contribution is -2.19. The van der Waals surface area contributed by atoms with Crippen molar-refractivity contribution in [2.24, 2.45) is 5.10 Å². The highest BCUT2D eigenvalue weighted by molar-refractivity contribution is 5.98. The van der Waals surface area contributed by atoms with Crippen LogP contribution in [0, 0.1) is 0 Å². The van der Waals surface area contributed by atoms with Gasteiger partial charge >= 0.3 is 0 Å². The summed E-state index contributed by atoms with van der Waals surface area (Å²) in [4.78, 5) is 12.5. The van der Waals surface area contributed by atoms with Crippen LogP contribution in [0.25, 0.3) is 5.69 Å². The molecular formula is C20H19N3O3. The molecule has 6 nitrogen and oxygen atoms in total. The average molecular weight is 349 g/mol. The fraction of sp³-hybridized carbons (Fsp3) is 0.100. The Kier molecular flexibility index (Phi) is 5.34. The molecule has 0 fully saturated rings. The summed E-state index contributed by atoms with van der Waals surface area (Å²) >= 11 is 0. The number of carbonyl (C=O) groups excluding carboxylic acids is 1. The molecule has 1 amide bonds. The van der Waals surface area contributed by atoms with Crippen molar-refractivity contribution < 1.29 is 14.6 Å². The van der Waals surface area contributed by atoms with Crippen molar-refractivity contribution in [2.45, 2.75) is 6.92 Å². The van der Waals surface area contributed by atoms with E-state index in [0.717, 1.165) is 5.69 Å². The Morgan fingerprint density at radius 3 is 2.73 bits per heavy atom. The highest BCUT2D eigenvalue weighted by atomic mass is 16.5. The number of hydrogen-bond donors (Lipinski definition) is 2. The van der Waals surface area contributed by atoms with E-state index in [4.69, 9.17) is 4.74 Å². The quantitative estimate of drug-likeness (QED) is 0.529. The first-order chi connectivity index (χ1) is 12.7. The lowest BCUT2D eigenvalue weighted by molar-refractivity contribution is 0.0955. The Morgan fingerprint density at radius 1 is 1.19 bits per heavy atom. The number of nitrogens with one attached hydrogen (secondary N) is 1. The van der Waals surface area contributed by atoms with Gasteiger partial charge in [-0.1, -0.05) is 12.1 Å². The number of hydrogen-bond acceptors (Lipinski definition) is 4. The first-order valence-corrected chi connectivity index (χ1v) is 8.20. The molecule has 1 heterocycles. The van der Waals surface area contributed by atoms with Crippen LogP contribution in [0.4, 0.5) is 0 Å². The van der Waals surface area contributed by atoms with Gasteiger partial charge in [-0.25, -0.2) is 5.43 Å². The number of hydrazone groups is 1. The normalized spacial score (nSPS) is 10.8. The Hall–Kier alpha value is -3.54. The Labute approximate surface area is 151 Å². The molecule has 2 aromatic carbocycles. The van der Waals surface area contributed by atoms with Gasteiger partial charge in [-0.2, -0.15) is 5.10 Å². The van der Waals surface area contributed by atoms with Crippen LogP contribution in [0.5, 0.6) is 11.5 Å². The van der Waals surface area contributed by atoms with Crippen LogP contribution in [-0.2, 0) is 0 Å². The van der Waals surface area contributed by atoms with Crippen LogP contribution in [-0.4, -0.2) is 28.4 Å². The molecule has 0 atom stereocenters. The second-order valence-corrected chi connectivity index (χ2v) is 5.47. The molecule has 0 saturated carbocycles. The van der Waals surface area contributed by atoms with Crippen LogP contribution >= 0.6 is 0 Å². The SMILES string of the molecule is CCOc1cc(C=NNC(=O)c2ccccc2-n2cccc2)ccc1O. The summed E-state index contributed by atoms with van der Waals surface area (Å²) in [7, 11) is 0. The monoisotopic (exact) mass is 349 g/mol. The molecule has 0 aliphatic carbocycles. The highest BCUT2D eigenvalue weighted by Gasteiger charge is 2.11. The molecule has 3 aromatic rings. The molecule has 1 aromatic heterocycles. The van der Waals surface area contributed by atoms with Crippen molar-refractivity contribution in [3.05, 3.63) is 78.1 Å². The van der Waals surface area contributed by atoms with Crippen molar-refractivity contribution in [1.29, 1.82) is 0 Å². The third-order valence-electron chi connectivity index (χ3n) is 3.69. The second-order valence-electron chi connectivity index (χ2n) is 5.47. The number of ether oxygens (including phenoxy) is 1. The van der Waals surface area contributed by atoms with E-state index in [-0.39, 0.29) is 11.7 Å². The molecule has 0 unspecified atom stereocenters. The average Bonchev–Trinajstić information content (AvgIpc) is 3.19. The molecule has 0 aliphatic heterocycles. The molecule has 0 saturated heterocycles. The van der Waals surface area contributed by atoms with Gasteiger partial charge in [0.1, 0.15) is 0 Å². The van der Waals surface area contributed by atoms with E-state index < -0.39 is 0 Å². The Bertz CT molecular complexity index is 918. The smallest absolute Gasteiger partial charge is 0.273 e. The predicted molar refractivity (Wildman–Crippen MR) is 100 cm³/mol. The first-order valence-electron chi connectivity index (χ1n) is 8.20. The summed E-state index contributed by atoms with van der Waals surface area (Å²) in [5.74, 6) is 0.128. The zero-order chi connectivity index (χ0) is 18.4. The molecule has 132 valence electrons. The van der Waals surface area contributed by atoms with Crippen molar-refractivity contribution in [2.75, 3.05) is 6.61 Å². The van der Waals surface area contributed by atoms with E-state index in [2.05, 4.69) is 10.5 Å². The van der Waals surface area contributed by atoms with Gasteiger partial charge in [-0.3, -0.25) is 4.79 Å². The molecular weight excluding hydrogens is 330 g/mol. The zero-order valence-corrected chi connectivity index (χ0v) is 14.3. The summed E-state index contributed by atoms with van der Waals surface area (Å²) in [5, 5.41) is 13.7. The molecule has 3 rings (SSSR count). The molecule has 0 bridgehead atoms. The Morgan fingerprint density at radius 2 is 1.96 bits per heavy atom. The first kappa shape index (κ1) is 17.3. The number of nitrogens with zero attached hydrogens (tertiary/aromatic N) is 2. The Balaban J connectivity index is 1.74. The maximum Gasteiger partial charge on any atom is 0.273 e. The van der Waals surface area contributed by atoms with Crippen molar-refractivity contribution >= 4 is 12.1 Å². The van der Waals surface area contributed by atoms with E-state index in [0.29, 0.717) is 23.5 Å². The van der Waals surface area contributed by atoms with Crippen molar-refractivity contribution in [1.82, 2.24) is 9.99 Å². The molecule has 26 heavy (non-hydrogen) atoms. The van der Waals surface area contributed by atoms with Crippen LogP contribution in [0.2, 0.25) is 0 Å². The van der Waals surface area contributed by atoms with Crippen LogP contribution in [0.3, 0.4) is 0 Å². The van der Waals surface area contributed by atoms with E-state index in [9.17, 15) is 9.90 Å². The number of phenolic OH excluding ortho intramolecular Hbond substituents is 1. The van der Waals surface area contributed by atoms with Gasteiger partial charge < -0.3 is 14.4 Å². The molecule has 0 radical (unpaired) electrons. The van der Waals surface area contributed by atoms with Gasteiger partial charge in [0.2, 0.25) is 0 Å². The second kappa shape index (κ2) is 8.02. The van der Waals surface area contributed by atoms with Crippen LogP contribution < -0.4 is 10.2 Å². The standard InChI is InChI=1S/C20H19N3O3/c1-2-26-19-13-15(9-10-18(19)24)14-21-22-20(25)16-7-3-4-8-17(16)23-11-5-6-12-23/h3-14,24H,2H2,1H3,(H,22,25). The molecule has 0 aliphatic rings. The number of para-hydroxylation sites is 1. The lowest BCUT2D eigenvalue weighted by atomic mass is 10.1. The van der Waals surface area contributed by atoms with Crippen LogP contribution in [0.15, 0.2) is 72.1 Å². The third-order valence-corrected chi connectivity index (χ3v) is 3.69. The number of phenols is 1. The largest absolute Gasteiger partial charge is 0.504 e. The fourth-order valence-electron chi connectivity index (χ4n) is 2.49. The van der Waals surface area contributed by atoms with Crippen molar-refractivity contribution in [3.8, 4) is 17.2 Å². The summed E-state index contributed by atoms with van der Waals surface area (Å²) < 4.78 is 7.20. The molecule has 2 N–H and O–H groups in total. The summed E-state index contributed by atoms with van der Waals surface area (Å²) in [5.41, 5.74) is 4.52. The topological polar surface area (TPSA) is 75.8 Å². The number of aromatic hydroxyl groups is 1. The minimum absolute atomic E-state index is 0.0636. The maximum absolute atomic E-state index is 12.5. The molecule has 6 heteroatoms. The highest BCUT2D eigenvalue weighted by Crippen LogP contribution is 2.26. The minimum atomic E-state index is -0.311. The van der Waals surface area contributed by atoms with Gasteiger partial charge in [-0.05, 0) is 55.0 Å². The van der Waals surface area contributed by atoms with Crippen LogP contribution in [0.1, 0.15) is 22.8 Å². The van der Waals surface area contributed by atoms with E-state index in [1.165, 1.54) is 12.3 Å². The maximum atomic E-state index is 12.5. The lowest BCUT2D eigenvalue weighted by Gasteiger charge is -2.09. The van der Waals surface area contributed by atoms with Gasteiger partial charge in [0.25, 0.3) is 5.91 Å². The predicted octanol–water partition coefficient (Wildman–Crippen LogP) is 3.35. The molecule has 0 spiro atoms.